The molecule has 1 atom stereocenters. The van der Waals surface area contributed by atoms with Gasteiger partial charge in [0.15, 0.2) is 0 Å². The fourth-order valence-electron chi connectivity index (χ4n) is 5.01. The molecule has 5 nitrogen and oxygen atoms in total. The van der Waals surface area contributed by atoms with Crippen LogP contribution in [-0.2, 0) is 19.4 Å². The van der Waals surface area contributed by atoms with E-state index in [0.29, 0.717) is 11.6 Å². The number of likely N-dealkylation sites (tertiary alicyclic amines) is 1. The average molecular weight is 434 g/mol. The third kappa shape index (κ3) is 5.15. The van der Waals surface area contributed by atoms with Gasteiger partial charge < -0.3 is 9.64 Å². The molecule has 5 rings (SSSR count). The summed E-state index contributed by atoms with van der Waals surface area (Å²) in [6.07, 6.45) is 11.4. The number of hydrogen-bond acceptors (Lipinski definition) is 4. The Morgan fingerprint density at radius 1 is 1.06 bits per heavy atom. The van der Waals surface area contributed by atoms with Gasteiger partial charge in [0, 0.05) is 19.6 Å². The lowest BCUT2D eigenvalue weighted by atomic mass is 10.1. The van der Waals surface area contributed by atoms with Crippen molar-refractivity contribution in [2.75, 3.05) is 26.7 Å². The van der Waals surface area contributed by atoms with Crippen LogP contribution in [0.15, 0.2) is 36.5 Å². The number of benzene rings is 1. The Bertz CT molecular complexity index is 930. The minimum Gasteiger partial charge on any atom is -0.492 e. The normalized spacial score (nSPS) is 21.1. The van der Waals surface area contributed by atoms with Crippen LogP contribution in [0, 0.1) is 5.92 Å². The van der Waals surface area contributed by atoms with Crippen molar-refractivity contribution in [2.24, 2.45) is 5.92 Å². The third-order valence-corrected chi connectivity index (χ3v) is 7.29. The second kappa shape index (κ2) is 9.62. The van der Waals surface area contributed by atoms with Crippen molar-refractivity contribution in [1.82, 2.24) is 14.8 Å². The van der Waals surface area contributed by atoms with Gasteiger partial charge in [0.2, 0.25) is 0 Å². The van der Waals surface area contributed by atoms with Crippen LogP contribution in [0.2, 0.25) is 0 Å². The Morgan fingerprint density at radius 3 is 2.56 bits per heavy atom. The molecule has 1 saturated heterocycles. The van der Waals surface area contributed by atoms with Crippen LogP contribution in [0.25, 0.3) is 0 Å². The lowest BCUT2D eigenvalue weighted by Gasteiger charge is -2.24. The highest BCUT2D eigenvalue weighted by molar-refractivity contribution is 5.92. The Balaban J connectivity index is 1.18. The minimum absolute atomic E-state index is 0.0126. The molecule has 1 saturated carbocycles. The first kappa shape index (κ1) is 21.4. The number of amides is 1. The molecule has 1 aromatic heterocycles. The Morgan fingerprint density at radius 2 is 1.84 bits per heavy atom. The molecule has 3 aliphatic rings. The van der Waals surface area contributed by atoms with Crippen molar-refractivity contribution in [3.05, 3.63) is 58.9 Å². The molecule has 0 N–H and O–H groups in total. The monoisotopic (exact) mass is 433 g/mol. The largest absolute Gasteiger partial charge is 0.492 e. The summed E-state index contributed by atoms with van der Waals surface area (Å²) in [5, 5.41) is 0. The second-order valence-corrected chi connectivity index (χ2v) is 9.91. The first-order valence-electron chi connectivity index (χ1n) is 12.3. The molecule has 32 heavy (non-hydrogen) atoms. The number of carbonyl (C=O) groups is 1. The van der Waals surface area contributed by atoms with Crippen LogP contribution in [0.5, 0.6) is 5.75 Å². The number of aromatic nitrogens is 1. The number of carbonyl (C=O) groups excluding carboxylic acids is 1. The quantitative estimate of drug-likeness (QED) is 0.646. The van der Waals surface area contributed by atoms with Gasteiger partial charge in [0.25, 0.3) is 5.91 Å². The van der Waals surface area contributed by atoms with Gasteiger partial charge in [-0.1, -0.05) is 31.0 Å². The predicted molar refractivity (Wildman–Crippen MR) is 126 cm³/mol. The molecule has 2 fully saturated rings. The van der Waals surface area contributed by atoms with E-state index < -0.39 is 0 Å². The van der Waals surface area contributed by atoms with E-state index in [1.165, 1.54) is 68.3 Å². The highest BCUT2D eigenvalue weighted by Crippen LogP contribution is 2.30. The van der Waals surface area contributed by atoms with E-state index in [1.54, 1.807) is 12.3 Å². The van der Waals surface area contributed by atoms with Crippen LogP contribution in [-0.4, -0.2) is 53.5 Å². The molecule has 170 valence electrons. The smallest absolute Gasteiger partial charge is 0.272 e. The second-order valence-electron chi connectivity index (χ2n) is 9.91. The van der Waals surface area contributed by atoms with E-state index in [1.807, 2.05) is 18.0 Å². The number of ether oxygens (including phenoxy) is 1. The number of nitrogens with zero attached hydrogens (tertiary/aromatic N) is 3. The lowest BCUT2D eigenvalue weighted by Crippen LogP contribution is -2.38. The summed E-state index contributed by atoms with van der Waals surface area (Å²) in [4.78, 5) is 21.9. The summed E-state index contributed by atoms with van der Waals surface area (Å²) < 4.78 is 5.75. The molecule has 2 aromatic rings. The van der Waals surface area contributed by atoms with Crippen molar-refractivity contribution < 1.29 is 9.53 Å². The fourth-order valence-corrected chi connectivity index (χ4v) is 5.01. The zero-order valence-electron chi connectivity index (χ0n) is 19.3. The van der Waals surface area contributed by atoms with Gasteiger partial charge in [-0.05, 0) is 86.4 Å². The van der Waals surface area contributed by atoms with Crippen LogP contribution in [0.4, 0.5) is 0 Å². The average Bonchev–Trinajstić information content (AvgIpc) is 3.60. The fraction of sp³-hybridized carbons (Fsp3) is 0.556. The van der Waals surface area contributed by atoms with E-state index in [4.69, 9.17) is 4.74 Å². The number of hydrogen-bond donors (Lipinski definition) is 0. The van der Waals surface area contributed by atoms with Crippen molar-refractivity contribution in [2.45, 2.75) is 64.0 Å². The number of rotatable bonds is 7. The number of pyridine rings is 1. The highest BCUT2D eigenvalue weighted by Gasteiger charge is 2.29. The van der Waals surface area contributed by atoms with E-state index in [2.05, 4.69) is 28.1 Å². The van der Waals surface area contributed by atoms with Gasteiger partial charge in [0.1, 0.15) is 11.4 Å². The molecule has 1 amide bonds. The summed E-state index contributed by atoms with van der Waals surface area (Å²) in [6.45, 7) is 4.24. The van der Waals surface area contributed by atoms with Crippen molar-refractivity contribution in [1.29, 1.82) is 0 Å². The maximum Gasteiger partial charge on any atom is 0.272 e. The SMILES string of the molecule is CN(C(=O)c1ccc(OCC2CC2)cn1)[C@@H]1Cc2ccc(CN3CCCCCC3)cc2C1. The van der Waals surface area contributed by atoms with E-state index in [-0.39, 0.29) is 11.9 Å². The number of fused-ring (bicyclic) bond motifs is 1. The van der Waals surface area contributed by atoms with Crippen molar-refractivity contribution in [3.8, 4) is 5.75 Å². The molecule has 0 bridgehead atoms. The van der Waals surface area contributed by atoms with Crippen LogP contribution in [0.3, 0.4) is 0 Å². The van der Waals surface area contributed by atoms with Crippen LogP contribution >= 0.6 is 0 Å². The van der Waals surface area contributed by atoms with E-state index in [0.717, 1.165) is 31.7 Å². The maximum atomic E-state index is 13.0. The molecular formula is C27H35N3O2. The van der Waals surface area contributed by atoms with Crippen molar-refractivity contribution in [3.63, 3.8) is 0 Å². The highest BCUT2D eigenvalue weighted by atomic mass is 16.5. The van der Waals surface area contributed by atoms with Crippen molar-refractivity contribution >= 4 is 5.91 Å². The van der Waals surface area contributed by atoms with Gasteiger partial charge in [-0.3, -0.25) is 9.69 Å². The number of likely N-dealkylation sites (N-methyl/N-ethyl adjacent to an activating group) is 1. The lowest BCUT2D eigenvalue weighted by molar-refractivity contribution is 0.0731. The molecular weight excluding hydrogens is 398 g/mol. The maximum absolute atomic E-state index is 13.0. The Hall–Kier alpha value is -2.40. The minimum atomic E-state index is -0.0126. The summed E-state index contributed by atoms with van der Waals surface area (Å²) in [7, 11) is 1.91. The third-order valence-electron chi connectivity index (χ3n) is 7.29. The standard InChI is InChI=1S/C27H35N3O2/c1-29(27(31)26-11-10-25(17-28-26)32-19-20-6-7-20)24-15-22-9-8-21(14-23(22)16-24)18-30-12-4-2-3-5-13-30/h8-11,14,17,20,24H,2-7,12-13,15-16,18-19H2,1H3/t24-/m1/s1. The molecule has 5 heteroatoms. The first-order valence-corrected chi connectivity index (χ1v) is 12.3. The zero-order valence-corrected chi connectivity index (χ0v) is 19.3. The molecule has 1 aliphatic heterocycles. The molecule has 0 spiro atoms. The summed E-state index contributed by atoms with van der Waals surface area (Å²) in [6, 6.07) is 10.8. The van der Waals surface area contributed by atoms with Gasteiger partial charge in [-0.2, -0.15) is 0 Å². The van der Waals surface area contributed by atoms with Gasteiger partial charge in [-0.15, -0.1) is 0 Å². The molecule has 0 unspecified atom stereocenters. The predicted octanol–water partition coefficient (Wildman–Crippen LogP) is 4.49. The Kier molecular flexibility index (Phi) is 6.44. The van der Waals surface area contributed by atoms with Gasteiger partial charge in [-0.25, -0.2) is 4.98 Å². The summed E-state index contributed by atoms with van der Waals surface area (Å²) >= 11 is 0. The topological polar surface area (TPSA) is 45.7 Å². The summed E-state index contributed by atoms with van der Waals surface area (Å²) in [5.74, 6) is 1.44. The first-order chi connectivity index (χ1) is 15.7. The molecule has 2 heterocycles. The van der Waals surface area contributed by atoms with Gasteiger partial charge in [0.05, 0.1) is 12.8 Å². The van der Waals surface area contributed by atoms with Crippen LogP contribution in [0.1, 0.15) is 65.7 Å². The van der Waals surface area contributed by atoms with E-state index in [9.17, 15) is 4.79 Å². The zero-order chi connectivity index (χ0) is 21.9. The molecule has 1 aromatic carbocycles. The van der Waals surface area contributed by atoms with E-state index >= 15 is 0 Å². The summed E-state index contributed by atoms with van der Waals surface area (Å²) in [5.41, 5.74) is 4.68. The Labute approximate surface area is 191 Å². The molecule has 2 aliphatic carbocycles. The van der Waals surface area contributed by atoms with Crippen LogP contribution < -0.4 is 4.74 Å². The van der Waals surface area contributed by atoms with Gasteiger partial charge >= 0.3 is 0 Å². The molecule has 0 radical (unpaired) electrons.